The zero-order valence-electron chi connectivity index (χ0n) is 20.5. The molecule has 2 aromatic carbocycles. The predicted molar refractivity (Wildman–Crippen MR) is 148 cm³/mol. The van der Waals surface area contributed by atoms with E-state index in [0.29, 0.717) is 23.0 Å². The molecule has 0 bridgehead atoms. The number of imidazole rings is 1. The lowest BCUT2D eigenvalue weighted by Crippen LogP contribution is -2.18. The molecule has 0 radical (unpaired) electrons. The van der Waals surface area contributed by atoms with Crippen molar-refractivity contribution in [2.45, 2.75) is 19.3 Å². The number of benzene rings is 2. The first-order chi connectivity index (χ1) is 18.6. The van der Waals surface area contributed by atoms with Crippen molar-refractivity contribution in [1.29, 1.82) is 0 Å². The molecule has 3 N–H and O–H groups in total. The van der Waals surface area contributed by atoms with Crippen LogP contribution >= 0.6 is 0 Å². The molecule has 7 rings (SSSR count). The molecule has 1 aliphatic carbocycles. The van der Waals surface area contributed by atoms with Gasteiger partial charge in [-0.1, -0.05) is 37.3 Å². The van der Waals surface area contributed by atoms with E-state index in [4.69, 9.17) is 9.97 Å². The first-order valence-corrected chi connectivity index (χ1v) is 12.6. The van der Waals surface area contributed by atoms with E-state index >= 15 is 0 Å². The Kier molecular flexibility index (Phi) is 5.25. The number of allylic oxidation sites excluding steroid dienone is 1. The van der Waals surface area contributed by atoms with Gasteiger partial charge in [0.25, 0.3) is 0 Å². The average Bonchev–Trinajstić information content (AvgIpc) is 3.52. The summed E-state index contributed by atoms with van der Waals surface area (Å²) in [6.07, 6.45) is 7.25. The van der Waals surface area contributed by atoms with Gasteiger partial charge in [-0.2, -0.15) is 5.10 Å². The summed E-state index contributed by atoms with van der Waals surface area (Å²) in [5.41, 5.74) is 9.23. The monoisotopic (exact) mass is 501 g/mol. The molecule has 38 heavy (non-hydrogen) atoms. The van der Waals surface area contributed by atoms with Crippen LogP contribution in [-0.4, -0.2) is 30.1 Å². The van der Waals surface area contributed by atoms with Crippen molar-refractivity contribution in [3.8, 4) is 33.9 Å². The Balaban J connectivity index is 1.26. The molecule has 1 saturated carbocycles. The second-order valence-corrected chi connectivity index (χ2v) is 9.70. The molecule has 0 saturated heterocycles. The number of aromatic nitrogens is 6. The normalized spacial score (nSPS) is 13.6. The van der Waals surface area contributed by atoms with E-state index in [9.17, 15) is 4.39 Å². The molecule has 0 aliphatic heterocycles. The van der Waals surface area contributed by atoms with Gasteiger partial charge in [-0.3, -0.25) is 10.1 Å². The molecular formula is C30H24FN7. The zero-order valence-corrected chi connectivity index (χ0v) is 20.5. The summed E-state index contributed by atoms with van der Waals surface area (Å²) in [5, 5.41) is 11.0. The minimum absolute atomic E-state index is 0.270. The maximum Gasteiger partial charge on any atom is 0.161 e. The van der Waals surface area contributed by atoms with Crippen LogP contribution in [0.3, 0.4) is 0 Å². The number of fused-ring (bicyclic) bond motifs is 2. The topological polar surface area (TPSA) is 95.2 Å². The lowest BCUT2D eigenvalue weighted by atomic mass is 9.83. The number of H-pyrrole nitrogens is 2. The Morgan fingerprint density at radius 2 is 1.79 bits per heavy atom. The van der Waals surface area contributed by atoms with Crippen LogP contribution in [-0.2, 0) is 0 Å². The van der Waals surface area contributed by atoms with Gasteiger partial charge in [-0.05, 0) is 60.7 Å². The fourth-order valence-corrected chi connectivity index (χ4v) is 4.92. The zero-order chi connectivity index (χ0) is 25.6. The minimum atomic E-state index is -0.270. The SMILES string of the molecule is C=C(Nc1cncc(-c2ccc3[nH]nc(-c4nc5c(-c6ccc(F)cc6)cccc5[nH]4)c3n2)c1)C1CCC1. The van der Waals surface area contributed by atoms with Gasteiger partial charge >= 0.3 is 0 Å². The summed E-state index contributed by atoms with van der Waals surface area (Å²) in [7, 11) is 0. The number of hydrogen-bond donors (Lipinski definition) is 3. The highest BCUT2D eigenvalue weighted by Gasteiger charge is 2.21. The minimum Gasteiger partial charge on any atom is -0.358 e. The second-order valence-electron chi connectivity index (χ2n) is 9.70. The van der Waals surface area contributed by atoms with Crippen molar-refractivity contribution in [1.82, 2.24) is 30.1 Å². The Morgan fingerprint density at radius 3 is 2.61 bits per heavy atom. The molecule has 8 heteroatoms. The molecule has 1 fully saturated rings. The standard InChI is InChI=1S/C30H24FN7/c1-17(18-4-2-5-18)33-22-14-20(15-32-16-22)24-12-13-26-28(34-24)29(38-37-26)30-35-25-7-3-6-23(27(25)36-30)19-8-10-21(31)11-9-19/h3,6-16,18,33H,1-2,4-5H2,(H,35,36)(H,37,38). The van der Waals surface area contributed by atoms with Crippen molar-refractivity contribution in [3.05, 3.63) is 91.2 Å². The number of nitrogens with zero attached hydrogens (tertiary/aromatic N) is 4. The van der Waals surface area contributed by atoms with E-state index in [1.54, 1.807) is 18.3 Å². The number of anilines is 1. The summed E-state index contributed by atoms with van der Waals surface area (Å²) in [5.74, 6) is 0.873. The molecule has 1 aliphatic rings. The van der Waals surface area contributed by atoms with Crippen molar-refractivity contribution in [2.24, 2.45) is 5.92 Å². The molecule has 0 spiro atoms. The first-order valence-electron chi connectivity index (χ1n) is 12.6. The van der Waals surface area contributed by atoms with Crippen LogP contribution in [0.15, 0.2) is 85.3 Å². The second kappa shape index (κ2) is 8.92. The van der Waals surface area contributed by atoms with Gasteiger partial charge in [0.2, 0.25) is 0 Å². The molecule has 6 aromatic rings. The Hall–Kier alpha value is -4.85. The highest BCUT2D eigenvalue weighted by atomic mass is 19.1. The number of pyridine rings is 2. The third-order valence-electron chi connectivity index (χ3n) is 7.24. The van der Waals surface area contributed by atoms with Crippen molar-refractivity contribution in [3.63, 3.8) is 0 Å². The van der Waals surface area contributed by atoms with E-state index in [1.807, 2.05) is 42.6 Å². The van der Waals surface area contributed by atoms with Crippen LogP contribution in [0, 0.1) is 11.7 Å². The number of para-hydroxylation sites is 1. The Bertz CT molecular complexity index is 1810. The van der Waals surface area contributed by atoms with Crippen LogP contribution in [0.5, 0.6) is 0 Å². The van der Waals surface area contributed by atoms with Crippen molar-refractivity contribution < 1.29 is 4.39 Å². The van der Waals surface area contributed by atoms with E-state index < -0.39 is 0 Å². The Labute approximate surface area is 217 Å². The van der Waals surface area contributed by atoms with Gasteiger partial charge in [0.05, 0.1) is 34.1 Å². The molecule has 0 amide bonds. The molecule has 186 valence electrons. The van der Waals surface area contributed by atoms with Crippen LogP contribution in [0.4, 0.5) is 10.1 Å². The van der Waals surface area contributed by atoms with Crippen molar-refractivity contribution >= 4 is 27.8 Å². The van der Waals surface area contributed by atoms with Gasteiger partial charge in [0.15, 0.2) is 11.5 Å². The van der Waals surface area contributed by atoms with Crippen LogP contribution < -0.4 is 5.32 Å². The van der Waals surface area contributed by atoms with Crippen LogP contribution in [0.1, 0.15) is 19.3 Å². The quantitative estimate of drug-likeness (QED) is 0.226. The number of aromatic amines is 2. The number of hydrogen-bond acceptors (Lipinski definition) is 5. The largest absolute Gasteiger partial charge is 0.358 e. The van der Waals surface area contributed by atoms with E-state index in [0.717, 1.165) is 50.3 Å². The van der Waals surface area contributed by atoms with E-state index in [1.165, 1.54) is 31.4 Å². The van der Waals surface area contributed by atoms with Gasteiger partial charge < -0.3 is 10.3 Å². The fraction of sp³-hybridized carbons (Fsp3) is 0.133. The number of nitrogens with one attached hydrogen (secondary N) is 3. The molecule has 0 unspecified atom stereocenters. The third-order valence-corrected chi connectivity index (χ3v) is 7.24. The summed E-state index contributed by atoms with van der Waals surface area (Å²) in [6.45, 7) is 4.21. The van der Waals surface area contributed by atoms with Gasteiger partial charge in [-0.15, -0.1) is 0 Å². The summed E-state index contributed by atoms with van der Waals surface area (Å²) >= 11 is 0. The summed E-state index contributed by atoms with van der Waals surface area (Å²) in [6, 6.07) is 18.3. The number of rotatable bonds is 6. The smallest absolute Gasteiger partial charge is 0.161 e. The molecule has 0 atom stereocenters. The predicted octanol–water partition coefficient (Wildman–Crippen LogP) is 7.10. The molecule has 7 nitrogen and oxygen atoms in total. The maximum atomic E-state index is 13.5. The van der Waals surface area contributed by atoms with E-state index in [-0.39, 0.29) is 5.82 Å². The van der Waals surface area contributed by atoms with Crippen LogP contribution in [0.25, 0.3) is 56.0 Å². The summed E-state index contributed by atoms with van der Waals surface area (Å²) in [4.78, 5) is 17.6. The Morgan fingerprint density at radius 1 is 0.921 bits per heavy atom. The van der Waals surface area contributed by atoms with Gasteiger partial charge in [-0.25, -0.2) is 14.4 Å². The summed E-state index contributed by atoms with van der Waals surface area (Å²) < 4.78 is 13.5. The lowest BCUT2D eigenvalue weighted by Gasteiger charge is -2.28. The van der Waals surface area contributed by atoms with Gasteiger partial charge in [0, 0.05) is 23.0 Å². The first kappa shape index (κ1) is 22.4. The molecule has 4 heterocycles. The maximum absolute atomic E-state index is 13.5. The van der Waals surface area contributed by atoms with Crippen molar-refractivity contribution in [2.75, 3.05) is 5.32 Å². The fourth-order valence-electron chi connectivity index (χ4n) is 4.92. The molecular weight excluding hydrogens is 477 g/mol. The third kappa shape index (κ3) is 3.91. The van der Waals surface area contributed by atoms with E-state index in [2.05, 4.69) is 32.1 Å². The molecule has 4 aromatic heterocycles. The highest BCUT2D eigenvalue weighted by Crippen LogP contribution is 2.34. The van der Waals surface area contributed by atoms with Crippen LogP contribution in [0.2, 0.25) is 0 Å². The lowest BCUT2D eigenvalue weighted by molar-refractivity contribution is 0.371. The average molecular weight is 502 g/mol. The van der Waals surface area contributed by atoms with Gasteiger partial charge in [0.1, 0.15) is 11.3 Å². The number of halogens is 1. The highest BCUT2D eigenvalue weighted by molar-refractivity contribution is 5.96.